The highest BCUT2D eigenvalue weighted by Crippen LogP contribution is 2.28. The number of amides is 2. The lowest BCUT2D eigenvalue weighted by Gasteiger charge is -2.33. The van der Waals surface area contributed by atoms with E-state index in [1.807, 2.05) is 13.0 Å². The van der Waals surface area contributed by atoms with Gasteiger partial charge >= 0.3 is 11.7 Å². The van der Waals surface area contributed by atoms with Gasteiger partial charge in [-0.25, -0.2) is 9.67 Å². The number of nitrogens with zero attached hydrogens (tertiary/aromatic N) is 4. The number of nitrogens with two attached hydrogens (primary N) is 1. The summed E-state index contributed by atoms with van der Waals surface area (Å²) in [7, 11) is 0. The van der Waals surface area contributed by atoms with E-state index in [2.05, 4.69) is 53.3 Å². The van der Waals surface area contributed by atoms with Crippen LogP contribution in [-0.2, 0) is 20.8 Å². The maximum atomic E-state index is 13.5. The number of pyridine rings is 1. The fourth-order valence-electron chi connectivity index (χ4n) is 4.58. The highest BCUT2D eigenvalue weighted by atomic mass is 16.7. The van der Waals surface area contributed by atoms with Crippen molar-refractivity contribution in [3.05, 3.63) is 78.5 Å². The molecule has 2 aromatic heterocycles. The Kier molecular flexibility index (Phi) is 8.98. The number of nitrogens with one attached hydrogen (secondary N) is 1. The molecule has 10 nitrogen and oxygen atoms in total. The Labute approximate surface area is 228 Å². The molecule has 1 aliphatic heterocycles. The van der Waals surface area contributed by atoms with Crippen LogP contribution in [0, 0.1) is 0 Å². The summed E-state index contributed by atoms with van der Waals surface area (Å²) in [6.07, 6.45) is 7.88. The van der Waals surface area contributed by atoms with Gasteiger partial charge in [-0.3, -0.25) is 14.5 Å². The Bertz CT molecular complexity index is 1290. The van der Waals surface area contributed by atoms with E-state index in [-0.39, 0.29) is 5.56 Å². The van der Waals surface area contributed by atoms with Crippen LogP contribution < -0.4 is 11.1 Å². The van der Waals surface area contributed by atoms with Crippen molar-refractivity contribution in [3.8, 4) is 17.1 Å². The molecule has 3 aromatic rings. The largest absolute Gasteiger partial charge is 0.447 e. The molecule has 0 saturated heterocycles. The first-order valence-electron chi connectivity index (χ1n) is 13.4. The van der Waals surface area contributed by atoms with E-state index in [0.29, 0.717) is 12.2 Å². The van der Waals surface area contributed by atoms with E-state index < -0.39 is 23.6 Å². The van der Waals surface area contributed by atoms with Crippen molar-refractivity contribution in [1.29, 1.82) is 0 Å². The molecule has 39 heavy (non-hydrogen) atoms. The third-order valence-corrected chi connectivity index (χ3v) is 6.88. The lowest BCUT2D eigenvalue weighted by Crippen LogP contribution is -2.60. The van der Waals surface area contributed by atoms with Crippen LogP contribution in [-0.4, -0.2) is 56.4 Å². The number of hydrogen-bond acceptors (Lipinski definition) is 7. The second-order valence-electron chi connectivity index (χ2n) is 9.39. The van der Waals surface area contributed by atoms with Crippen LogP contribution in [0.2, 0.25) is 0 Å². The Hall–Kier alpha value is -4.18. The standard InChI is InChI=1S/C29H36N6O4/c1-4-7-10-25(29(28(30)37)38-18-19-39-29)32-27(36)23-9-8-16-31-26(23)35-17-15-24(33-35)22-13-11-21(12-14-22)20-34(5-2)6-3/h8-9,11-19,25H,4-7,10,20H2,1-3H3,(H2,30,37)(H,32,36). The van der Waals surface area contributed by atoms with E-state index in [9.17, 15) is 9.59 Å². The SMILES string of the molecule is CCCCC(NC(=O)c1cccnc1-n1ccc(-c2ccc(CN(CC)CC)cc2)n1)C1(C(N)=O)OC=CO1. The average Bonchev–Trinajstić information content (AvgIpc) is 3.66. The van der Waals surface area contributed by atoms with Crippen molar-refractivity contribution in [2.24, 2.45) is 5.73 Å². The summed E-state index contributed by atoms with van der Waals surface area (Å²) in [6.45, 7) is 9.23. The molecule has 0 bridgehead atoms. The molecule has 1 atom stereocenters. The first-order valence-corrected chi connectivity index (χ1v) is 13.4. The Morgan fingerprint density at radius 2 is 1.79 bits per heavy atom. The summed E-state index contributed by atoms with van der Waals surface area (Å²) in [5, 5.41) is 7.59. The maximum Gasteiger partial charge on any atom is 0.351 e. The minimum absolute atomic E-state index is 0.286. The van der Waals surface area contributed by atoms with Gasteiger partial charge in [-0.2, -0.15) is 5.10 Å². The van der Waals surface area contributed by atoms with E-state index >= 15 is 0 Å². The minimum Gasteiger partial charge on any atom is -0.447 e. The number of aromatic nitrogens is 3. The molecule has 0 fully saturated rings. The van der Waals surface area contributed by atoms with Crippen molar-refractivity contribution in [2.45, 2.75) is 58.4 Å². The van der Waals surface area contributed by atoms with E-state index in [1.54, 1.807) is 29.2 Å². The van der Waals surface area contributed by atoms with Crippen molar-refractivity contribution in [1.82, 2.24) is 25.0 Å². The van der Waals surface area contributed by atoms with Gasteiger partial charge in [0, 0.05) is 24.5 Å². The van der Waals surface area contributed by atoms with Gasteiger partial charge in [-0.15, -0.1) is 0 Å². The van der Waals surface area contributed by atoms with Gasteiger partial charge in [0.25, 0.3) is 5.91 Å². The van der Waals surface area contributed by atoms with Crippen molar-refractivity contribution >= 4 is 11.8 Å². The Balaban J connectivity index is 1.56. The van der Waals surface area contributed by atoms with E-state index in [0.717, 1.165) is 43.7 Å². The molecule has 0 saturated carbocycles. The van der Waals surface area contributed by atoms with Crippen LogP contribution >= 0.6 is 0 Å². The summed E-state index contributed by atoms with van der Waals surface area (Å²) in [5.74, 6) is -2.71. The zero-order valence-corrected chi connectivity index (χ0v) is 22.7. The van der Waals surface area contributed by atoms with Gasteiger partial charge in [-0.05, 0) is 43.3 Å². The van der Waals surface area contributed by atoms with E-state index in [1.165, 1.54) is 18.1 Å². The van der Waals surface area contributed by atoms with Crippen molar-refractivity contribution < 1.29 is 19.1 Å². The zero-order chi connectivity index (χ0) is 27.8. The fourth-order valence-corrected chi connectivity index (χ4v) is 4.58. The molecule has 4 rings (SSSR count). The molecule has 3 N–H and O–H groups in total. The molecule has 1 unspecified atom stereocenters. The average molecular weight is 533 g/mol. The monoisotopic (exact) mass is 532 g/mol. The van der Waals surface area contributed by atoms with Gasteiger partial charge < -0.3 is 20.5 Å². The second kappa shape index (κ2) is 12.6. The number of benzene rings is 1. The van der Waals surface area contributed by atoms with Crippen LogP contribution in [0.3, 0.4) is 0 Å². The van der Waals surface area contributed by atoms with Gasteiger partial charge in [0.05, 0.1) is 11.3 Å². The van der Waals surface area contributed by atoms with Crippen LogP contribution in [0.5, 0.6) is 0 Å². The number of primary amides is 1. The number of hydrogen-bond donors (Lipinski definition) is 2. The quantitative estimate of drug-likeness (QED) is 0.343. The van der Waals surface area contributed by atoms with Gasteiger partial charge in [-0.1, -0.05) is 57.9 Å². The normalized spacial score (nSPS) is 14.6. The third-order valence-electron chi connectivity index (χ3n) is 6.88. The van der Waals surface area contributed by atoms with Gasteiger partial charge in [0.1, 0.15) is 18.6 Å². The van der Waals surface area contributed by atoms with Gasteiger partial charge in [0.2, 0.25) is 0 Å². The Morgan fingerprint density at radius 3 is 2.44 bits per heavy atom. The molecule has 10 heteroatoms. The molecule has 206 valence electrons. The molecule has 0 aliphatic carbocycles. The molecular formula is C29H36N6O4. The van der Waals surface area contributed by atoms with Crippen LogP contribution in [0.25, 0.3) is 17.1 Å². The number of carbonyl (C=O) groups is 2. The summed E-state index contributed by atoms with van der Waals surface area (Å²) < 4.78 is 12.5. The predicted octanol–water partition coefficient (Wildman–Crippen LogP) is 3.76. The predicted molar refractivity (Wildman–Crippen MR) is 147 cm³/mol. The second-order valence-corrected chi connectivity index (χ2v) is 9.39. The molecule has 1 aliphatic rings. The lowest BCUT2D eigenvalue weighted by molar-refractivity contribution is -0.182. The number of ether oxygens (including phenoxy) is 2. The smallest absolute Gasteiger partial charge is 0.351 e. The minimum atomic E-state index is -1.80. The molecule has 2 amide bonds. The molecule has 1 aromatic carbocycles. The van der Waals surface area contributed by atoms with Crippen LogP contribution in [0.1, 0.15) is 56.0 Å². The Morgan fingerprint density at radius 1 is 1.08 bits per heavy atom. The first-order chi connectivity index (χ1) is 18.9. The van der Waals surface area contributed by atoms with Crippen molar-refractivity contribution in [2.75, 3.05) is 13.1 Å². The maximum absolute atomic E-state index is 13.5. The van der Waals surface area contributed by atoms with Crippen LogP contribution in [0.15, 0.2) is 67.4 Å². The highest BCUT2D eigenvalue weighted by Gasteiger charge is 2.51. The third kappa shape index (κ3) is 6.12. The van der Waals surface area contributed by atoms with Crippen LogP contribution in [0.4, 0.5) is 0 Å². The first kappa shape index (κ1) is 27.8. The summed E-state index contributed by atoms with van der Waals surface area (Å²) in [4.78, 5) is 32.6. The summed E-state index contributed by atoms with van der Waals surface area (Å²) >= 11 is 0. The molecule has 0 spiro atoms. The highest BCUT2D eigenvalue weighted by molar-refractivity contribution is 5.98. The van der Waals surface area contributed by atoms with Gasteiger partial charge in [0.15, 0.2) is 5.82 Å². The van der Waals surface area contributed by atoms with E-state index in [4.69, 9.17) is 20.3 Å². The molecule has 3 heterocycles. The lowest BCUT2D eigenvalue weighted by atomic mass is 9.99. The van der Waals surface area contributed by atoms with Crippen molar-refractivity contribution in [3.63, 3.8) is 0 Å². The fraction of sp³-hybridized carbons (Fsp3) is 0.379. The zero-order valence-electron chi connectivity index (χ0n) is 22.7. The number of unbranched alkanes of at least 4 members (excludes halogenated alkanes) is 1. The molecule has 0 radical (unpaired) electrons. The number of carbonyl (C=O) groups excluding carboxylic acids is 2. The molecular weight excluding hydrogens is 496 g/mol. The summed E-state index contributed by atoms with van der Waals surface area (Å²) in [5.41, 5.74) is 8.88. The number of rotatable bonds is 13. The topological polar surface area (TPSA) is 125 Å². The summed E-state index contributed by atoms with van der Waals surface area (Å²) in [6, 6.07) is 12.7.